The van der Waals surface area contributed by atoms with Gasteiger partial charge in [-0.2, -0.15) is 0 Å². The van der Waals surface area contributed by atoms with Crippen molar-refractivity contribution in [2.24, 2.45) is 0 Å². The summed E-state index contributed by atoms with van der Waals surface area (Å²) in [4.78, 5) is 50.7. The Morgan fingerprint density at radius 1 is 0.514 bits per heavy atom. The maximum absolute atomic E-state index is 12.1. The van der Waals surface area contributed by atoms with E-state index in [1.165, 1.54) is 29.9 Å². The van der Waals surface area contributed by atoms with Gasteiger partial charge in [-0.25, -0.2) is 9.80 Å². The molecule has 5 rings (SSSR count). The average Bonchev–Trinajstić information content (AvgIpc) is 3.44. The number of rotatable bonds is 7. The van der Waals surface area contributed by atoms with E-state index >= 15 is 0 Å². The molecule has 3 aromatic rings. The second-order valence-corrected chi connectivity index (χ2v) is 9.28. The molecule has 1 unspecified atom stereocenters. The number of imide groups is 2. The fourth-order valence-corrected chi connectivity index (χ4v) is 4.77. The average molecular weight is 491 g/mol. The van der Waals surface area contributed by atoms with Crippen LogP contribution in [0.5, 0.6) is 0 Å². The summed E-state index contributed by atoms with van der Waals surface area (Å²) in [6.07, 6.45) is 6.13. The summed E-state index contributed by atoms with van der Waals surface area (Å²) in [5.41, 5.74) is 5.35. The van der Waals surface area contributed by atoms with Crippen LogP contribution in [-0.2, 0) is 19.2 Å². The Balaban J connectivity index is 1.51. The van der Waals surface area contributed by atoms with Gasteiger partial charge in [-0.15, -0.1) is 0 Å². The van der Waals surface area contributed by atoms with Gasteiger partial charge < -0.3 is 0 Å². The number of hydrogen-bond donors (Lipinski definition) is 0. The first-order chi connectivity index (χ1) is 17.9. The van der Waals surface area contributed by atoms with Crippen LogP contribution in [0, 0.1) is 0 Å². The van der Waals surface area contributed by atoms with Gasteiger partial charge in [0.25, 0.3) is 23.6 Å². The normalized spacial score (nSPS) is 16.0. The lowest BCUT2D eigenvalue weighted by Crippen LogP contribution is -2.29. The third kappa shape index (κ3) is 4.54. The van der Waals surface area contributed by atoms with Gasteiger partial charge in [0.2, 0.25) is 0 Å². The maximum Gasteiger partial charge on any atom is 0.258 e. The summed E-state index contributed by atoms with van der Waals surface area (Å²) in [6.45, 7) is 4.37. The van der Waals surface area contributed by atoms with Crippen molar-refractivity contribution in [2.45, 2.75) is 32.1 Å². The van der Waals surface area contributed by atoms with Gasteiger partial charge in [0.1, 0.15) is 0 Å². The highest BCUT2D eigenvalue weighted by Crippen LogP contribution is 2.35. The predicted molar refractivity (Wildman–Crippen MR) is 142 cm³/mol. The minimum absolute atomic E-state index is 0.139. The molecule has 0 bridgehead atoms. The molecule has 0 aliphatic carbocycles. The van der Waals surface area contributed by atoms with Crippen molar-refractivity contribution in [1.29, 1.82) is 0 Å². The van der Waals surface area contributed by atoms with Crippen molar-refractivity contribution in [3.05, 3.63) is 119 Å². The van der Waals surface area contributed by atoms with Crippen LogP contribution in [-0.4, -0.2) is 23.6 Å². The Morgan fingerprint density at radius 2 is 0.811 bits per heavy atom. The lowest BCUT2D eigenvalue weighted by Gasteiger charge is -2.22. The Kier molecular flexibility index (Phi) is 6.40. The monoisotopic (exact) mass is 490 g/mol. The highest BCUT2D eigenvalue weighted by atomic mass is 16.2. The van der Waals surface area contributed by atoms with Gasteiger partial charge in [0.05, 0.1) is 11.4 Å². The van der Waals surface area contributed by atoms with Crippen LogP contribution in [0.15, 0.2) is 97.1 Å². The van der Waals surface area contributed by atoms with Crippen LogP contribution < -0.4 is 9.80 Å². The molecule has 6 heteroatoms. The number of anilines is 2. The highest BCUT2D eigenvalue weighted by Gasteiger charge is 2.27. The van der Waals surface area contributed by atoms with Crippen molar-refractivity contribution in [2.75, 3.05) is 9.80 Å². The first kappa shape index (κ1) is 24.1. The molecule has 37 heavy (non-hydrogen) atoms. The quantitative estimate of drug-likeness (QED) is 0.335. The minimum atomic E-state index is -0.356. The van der Waals surface area contributed by atoms with E-state index in [9.17, 15) is 19.2 Å². The zero-order valence-electron chi connectivity index (χ0n) is 20.6. The molecule has 0 N–H and O–H groups in total. The van der Waals surface area contributed by atoms with Crippen molar-refractivity contribution in [3.8, 4) is 0 Å². The Labute approximate surface area is 215 Å². The Bertz CT molecular complexity index is 1310. The second-order valence-electron chi connectivity index (χ2n) is 9.28. The maximum atomic E-state index is 12.1. The summed E-state index contributed by atoms with van der Waals surface area (Å²) in [5.74, 6) is -1.10. The van der Waals surface area contributed by atoms with Crippen LogP contribution in [0.3, 0.4) is 0 Å². The zero-order chi connectivity index (χ0) is 26.1. The van der Waals surface area contributed by atoms with Gasteiger partial charge in [0, 0.05) is 30.2 Å². The summed E-state index contributed by atoms with van der Waals surface area (Å²) in [5, 5.41) is 0. The predicted octanol–water partition coefficient (Wildman–Crippen LogP) is 5.24. The van der Waals surface area contributed by atoms with Crippen LogP contribution >= 0.6 is 0 Å². The molecular formula is C31H26N2O4. The topological polar surface area (TPSA) is 74.8 Å². The SMILES string of the molecule is CCC(C)c1ccc(C(c2ccc(N3C(=O)C=CC3=O)cc2)c2ccc(N3C(=O)C=CC3=O)cc2)cc1. The van der Waals surface area contributed by atoms with Crippen LogP contribution in [0.2, 0.25) is 0 Å². The van der Waals surface area contributed by atoms with Gasteiger partial charge >= 0.3 is 0 Å². The summed E-state index contributed by atoms with van der Waals surface area (Å²) >= 11 is 0. The molecule has 2 heterocycles. The summed E-state index contributed by atoms with van der Waals surface area (Å²) in [6, 6.07) is 23.4. The first-order valence-corrected chi connectivity index (χ1v) is 12.3. The third-order valence-electron chi connectivity index (χ3n) is 7.04. The van der Waals surface area contributed by atoms with Crippen molar-refractivity contribution >= 4 is 35.0 Å². The standard InChI is InChI=1S/C31H26N2O4/c1-3-20(2)21-4-6-22(7-5-21)31(23-8-12-25(13-9-23)32-27(34)16-17-28(32)35)24-10-14-26(15-11-24)33-29(36)18-19-30(33)37/h4-20,31H,3H2,1-2H3. The van der Waals surface area contributed by atoms with E-state index in [1.807, 2.05) is 24.3 Å². The van der Waals surface area contributed by atoms with Gasteiger partial charge in [-0.3, -0.25) is 19.2 Å². The third-order valence-corrected chi connectivity index (χ3v) is 7.04. The van der Waals surface area contributed by atoms with E-state index in [0.29, 0.717) is 17.3 Å². The smallest absolute Gasteiger partial charge is 0.258 e. The number of benzene rings is 3. The van der Waals surface area contributed by atoms with Crippen molar-refractivity contribution in [1.82, 2.24) is 0 Å². The lowest BCUT2D eigenvalue weighted by molar-refractivity contribution is -0.121. The Morgan fingerprint density at radius 3 is 1.14 bits per heavy atom. The van der Waals surface area contributed by atoms with Crippen LogP contribution in [0.25, 0.3) is 0 Å². The molecule has 0 aromatic heterocycles. The fraction of sp³-hybridized carbons (Fsp3) is 0.161. The molecule has 0 saturated heterocycles. The molecule has 1 atom stereocenters. The molecule has 0 saturated carbocycles. The van der Waals surface area contributed by atoms with E-state index < -0.39 is 0 Å². The lowest BCUT2D eigenvalue weighted by atomic mass is 9.84. The molecular weight excluding hydrogens is 464 g/mol. The van der Waals surface area contributed by atoms with E-state index in [0.717, 1.165) is 32.9 Å². The molecule has 6 nitrogen and oxygen atoms in total. The largest absolute Gasteiger partial charge is 0.269 e. The van der Waals surface area contributed by atoms with E-state index in [-0.39, 0.29) is 29.5 Å². The number of carbonyl (C=O) groups is 4. The van der Waals surface area contributed by atoms with Crippen molar-refractivity contribution in [3.63, 3.8) is 0 Å². The molecule has 0 radical (unpaired) electrons. The molecule has 4 amide bonds. The highest BCUT2D eigenvalue weighted by molar-refractivity contribution is 6.28. The number of hydrogen-bond acceptors (Lipinski definition) is 4. The van der Waals surface area contributed by atoms with Crippen LogP contribution in [0.4, 0.5) is 11.4 Å². The van der Waals surface area contributed by atoms with Crippen molar-refractivity contribution < 1.29 is 19.2 Å². The van der Waals surface area contributed by atoms with Gasteiger partial charge in [-0.05, 0) is 58.9 Å². The molecule has 2 aliphatic rings. The molecule has 184 valence electrons. The van der Waals surface area contributed by atoms with Gasteiger partial charge in [-0.1, -0.05) is 62.4 Å². The number of amides is 4. The van der Waals surface area contributed by atoms with E-state index in [1.54, 1.807) is 24.3 Å². The molecule has 0 spiro atoms. The Hall–Kier alpha value is -4.58. The number of carbonyl (C=O) groups excluding carboxylic acids is 4. The van der Waals surface area contributed by atoms with E-state index in [4.69, 9.17) is 0 Å². The molecule has 2 aliphatic heterocycles. The summed E-state index contributed by atoms with van der Waals surface area (Å²) < 4.78 is 0. The first-order valence-electron chi connectivity index (χ1n) is 12.3. The zero-order valence-corrected chi connectivity index (χ0v) is 20.6. The van der Waals surface area contributed by atoms with E-state index in [2.05, 4.69) is 38.1 Å². The fourth-order valence-electron chi connectivity index (χ4n) is 4.77. The second kappa shape index (κ2) is 9.82. The number of nitrogens with zero attached hydrogens (tertiary/aromatic N) is 2. The minimum Gasteiger partial charge on any atom is -0.269 e. The van der Waals surface area contributed by atoms with Crippen LogP contribution in [0.1, 0.15) is 54.4 Å². The summed E-state index contributed by atoms with van der Waals surface area (Å²) in [7, 11) is 0. The molecule has 3 aromatic carbocycles. The van der Waals surface area contributed by atoms with Gasteiger partial charge in [0.15, 0.2) is 0 Å². The molecule has 0 fully saturated rings.